The molecule has 0 aromatic heterocycles. The molecular weight excluding hydrogens is 340 g/mol. The second-order valence-electron chi connectivity index (χ2n) is 5.36. The monoisotopic (exact) mass is 360 g/mol. The summed E-state index contributed by atoms with van der Waals surface area (Å²) in [5, 5.41) is 13.4. The van der Waals surface area contributed by atoms with E-state index in [4.69, 9.17) is 14.2 Å². The number of rotatable bonds is 9. The van der Waals surface area contributed by atoms with Crippen LogP contribution in [0, 0.1) is 10.1 Å². The number of benzene rings is 2. The first kappa shape index (κ1) is 19.2. The minimum atomic E-state index is -0.480. The van der Waals surface area contributed by atoms with Gasteiger partial charge < -0.3 is 19.5 Å². The number of methoxy groups -OCH3 is 2. The Morgan fingerprint density at radius 3 is 2.42 bits per heavy atom. The first-order valence-electron chi connectivity index (χ1n) is 7.86. The Balaban J connectivity index is 2.01. The second-order valence-corrected chi connectivity index (χ2v) is 5.36. The van der Waals surface area contributed by atoms with Crippen molar-refractivity contribution in [3.63, 3.8) is 0 Å². The molecule has 8 heteroatoms. The number of nitro benzene ring substituents is 1. The van der Waals surface area contributed by atoms with Crippen LogP contribution in [-0.2, 0) is 16.0 Å². The van der Waals surface area contributed by atoms with Gasteiger partial charge in [-0.3, -0.25) is 14.9 Å². The third-order valence-electron chi connectivity index (χ3n) is 3.50. The molecule has 0 fully saturated rings. The summed E-state index contributed by atoms with van der Waals surface area (Å²) in [5.74, 6) is 0.805. The molecule has 0 spiro atoms. The van der Waals surface area contributed by atoms with Crippen molar-refractivity contribution in [2.45, 2.75) is 6.42 Å². The summed E-state index contributed by atoms with van der Waals surface area (Å²) in [4.78, 5) is 22.4. The molecule has 1 N–H and O–H groups in total. The second kappa shape index (κ2) is 9.38. The molecule has 0 atom stereocenters. The standard InChI is InChI=1S/C18H20N2O6/c1-24-9-10-26-17-12-14(5-8-16(17)25-2)19-18(21)11-13-3-6-15(7-4-13)20(22)23/h3-8,12H,9-11H2,1-2H3,(H,19,21). The molecule has 138 valence electrons. The van der Waals surface area contributed by atoms with Crippen LogP contribution in [0.1, 0.15) is 5.56 Å². The van der Waals surface area contributed by atoms with Crippen molar-refractivity contribution in [2.75, 3.05) is 32.8 Å². The maximum absolute atomic E-state index is 12.2. The van der Waals surface area contributed by atoms with Crippen LogP contribution in [0.4, 0.5) is 11.4 Å². The summed E-state index contributed by atoms with van der Waals surface area (Å²) in [6.45, 7) is 0.785. The number of amides is 1. The molecule has 0 aliphatic carbocycles. The lowest BCUT2D eigenvalue weighted by molar-refractivity contribution is -0.384. The summed E-state index contributed by atoms with van der Waals surface area (Å²) in [5.41, 5.74) is 1.23. The van der Waals surface area contributed by atoms with Crippen molar-refractivity contribution in [1.82, 2.24) is 0 Å². The van der Waals surface area contributed by atoms with Crippen LogP contribution in [0.3, 0.4) is 0 Å². The van der Waals surface area contributed by atoms with E-state index in [-0.39, 0.29) is 18.0 Å². The highest BCUT2D eigenvalue weighted by Crippen LogP contribution is 2.30. The minimum Gasteiger partial charge on any atom is -0.493 e. The van der Waals surface area contributed by atoms with Crippen molar-refractivity contribution in [1.29, 1.82) is 0 Å². The van der Waals surface area contributed by atoms with E-state index >= 15 is 0 Å². The van der Waals surface area contributed by atoms with E-state index in [2.05, 4.69) is 5.32 Å². The molecule has 26 heavy (non-hydrogen) atoms. The van der Waals surface area contributed by atoms with E-state index in [9.17, 15) is 14.9 Å². The maximum Gasteiger partial charge on any atom is 0.269 e. The highest BCUT2D eigenvalue weighted by Gasteiger charge is 2.10. The zero-order valence-electron chi connectivity index (χ0n) is 14.6. The number of nitrogens with one attached hydrogen (secondary N) is 1. The number of hydrogen-bond donors (Lipinski definition) is 1. The zero-order valence-corrected chi connectivity index (χ0v) is 14.6. The molecule has 0 unspecified atom stereocenters. The van der Waals surface area contributed by atoms with Crippen LogP contribution in [-0.4, -0.2) is 38.3 Å². The summed E-state index contributed by atoms with van der Waals surface area (Å²) in [7, 11) is 3.11. The van der Waals surface area contributed by atoms with E-state index < -0.39 is 4.92 Å². The van der Waals surface area contributed by atoms with Gasteiger partial charge in [0, 0.05) is 31.0 Å². The van der Waals surface area contributed by atoms with Crippen molar-refractivity contribution >= 4 is 17.3 Å². The number of nitro groups is 1. The van der Waals surface area contributed by atoms with E-state index in [0.29, 0.717) is 36.0 Å². The van der Waals surface area contributed by atoms with Gasteiger partial charge >= 0.3 is 0 Å². The molecule has 1 amide bonds. The van der Waals surface area contributed by atoms with E-state index in [1.807, 2.05) is 0 Å². The van der Waals surface area contributed by atoms with Gasteiger partial charge in [0.05, 0.1) is 25.1 Å². The number of carbonyl (C=O) groups is 1. The number of non-ortho nitro benzene ring substituents is 1. The van der Waals surface area contributed by atoms with Crippen molar-refractivity contribution in [3.05, 3.63) is 58.1 Å². The Kier molecular flexibility index (Phi) is 6.92. The summed E-state index contributed by atoms with van der Waals surface area (Å²) < 4.78 is 15.8. The predicted molar refractivity (Wildman–Crippen MR) is 95.8 cm³/mol. The van der Waals surface area contributed by atoms with Gasteiger partial charge in [0.25, 0.3) is 5.69 Å². The lowest BCUT2D eigenvalue weighted by Gasteiger charge is -2.13. The normalized spacial score (nSPS) is 10.2. The first-order valence-corrected chi connectivity index (χ1v) is 7.86. The van der Waals surface area contributed by atoms with E-state index in [0.717, 1.165) is 0 Å². The quantitative estimate of drug-likeness (QED) is 0.419. The third-order valence-corrected chi connectivity index (χ3v) is 3.50. The molecule has 0 bridgehead atoms. The van der Waals surface area contributed by atoms with E-state index in [1.54, 1.807) is 37.4 Å². The van der Waals surface area contributed by atoms with Gasteiger partial charge in [0.2, 0.25) is 5.91 Å². The summed E-state index contributed by atoms with van der Waals surface area (Å²) in [6.07, 6.45) is 0.101. The zero-order chi connectivity index (χ0) is 18.9. The number of anilines is 1. The maximum atomic E-state index is 12.2. The molecule has 0 saturated carbocycles. The van der Waals surface area contributed by atoms with Crippen LogP contribution < -0.4 is 14.8 Å². The fourth-order valence-corrected chi connectivity index (χ4v) is 2.23. The van der Waals surface area contributed by atoms with Gasteiger partial charge in [-0.1, -0.05) is 12.1 Å². The Labute approximate surface area is 150 Å². The smallest absolute Gasteiger partial charge is 0.269 e. The topological polar surface area (TPSA) is 99.9 Å². The van der Waals surface area contributed by atoms with Crippen molar-refractivity contribution in [3.8, 4) is 11.5 Å². The number of carbonyl (C=O) groups excluding carboxylic acids is 1. The molecule has 0 radical (unpaired) electrons. The SMILES string of the molecule is COCCOc1cc(NC(=O)Cc2ccc([N+](=O)[O-])cc2)ccc1OC. The van der Waals surface area contributed by atoms with Crippen LogP contribution in [0.25, 0.3) is 0 Å². The lowest BCUT2D eigenvalue weighted by Crippen LogP contribution is -2.14. The van der Waals surface area contributed by atoms with Gasteiger partial charge in [-0.05, 0) is 17.7 Å². The Morgan fingerprint density at radius 2 is 1.81 bits per heavy atom. The number of hydrogen-bond acceptors (Lipinski definition) is 6. The molecule has 2 aromatic carbocycles. The van der Waals surface area contributed by atoms with Gasteiger partial charge in [-0.2, -0.15) is 0 Å². The van der Waals surface area contributed by atoms with Crippen LogP contribution in [0.15, 0.2) is 42.5 Å². The average Bonchev–Trinajstić information content (AvgIpc) is 2.62. The fourth-order valence-electron chi connectivity index (χ4n) is 2.23. The summed E-state index contributed by atoms with van der Waals surface area (Å²) in [6, 6.07) is 10.9. The van der Waals surface area contributed by atoms with Crippen LogP contribution >= 0.6 is 0 Å². The Hall–Kier alpha value is -3.13. The van der Waals surface area contributed by atoms with Crippen LogP contribution in [0.5, 0.6) is 11.5 Å². The van der Waals surface area contributed by atoms with Crippen molar-refractivity contribution < 1.29 is 23.9 Å². The molecule has 0 saturated heterocycles. The first-order chi connectivity index (χ1) is 12.5. The molecule has 2 rings (SSSR count). The van der Waals surface area contributed by atoms with Gasteiger partial charge in [-0.25, -0.2) is 0 Å². The number of nitrogens with zero attached hydrogens (tertiary/aromatic N) is 1. The lowest BCUT2D eigenvalue weighted by atomic mass is 10.1. The third kappa shape index (κ3) is 5.45. The molecule has 0 aliphatic rings. The highest BCUT2D eigenvalue weighted by atomic mass is 16.6. The number of ether oxygens (including phenoxy) is 3. The molecule has 2 aromatic rings. The molecular formula is C18H20N2O6. The van der Waals surface area contributed by atoms with Crippen LogP contribution in [0.2, 0.25) is 0 Å². The Morgan fingerprint density at radius 1 is 1.08 bits per heavy atom. The predicted octanol–water partition coefficient (Wildman–Crippen LogP) is 2.81. The van der Waals surface area contributed by atoms with Crippen molar-refractivity contribution in [2.24, 2.45) is 0 Å². The largest absolute Gasteiger partial charge is 0.493 e. The molecule has 8 nitrogen and oxygen atoms in total. The molecule has 0 aliphatic heterocycles. The highest BCUT2D eigenvalue weighted by molar-refractivity contribution is 5.92. The van der Waals surface area contributed by atoms with Gasteiger partial charge in [-0.15, -0.1) is 0 Å². The fraction of sp³-hybridized carbons (Fsp3) is 0.278. The Bertz CT molecular complexity index is 761. The average molecular weight is 360 g/mol. The van der Waals surface area contributed by atoms with E-state index in [1.165, 1.54) is 19.2 Å². The summed E-state index contributed by atoms with van der Waals surface area (Å²) >= 11 is 0. The van der Waals surface area contributed by atoms with Gasteiger partial charge in [0.15, 0.2) is 11.5 Å². The molecule has 0 heterocycles. The minimum absolute atomic E-state index is 0.0119. The van der Waals surface area contributed by atoms with Gasteiger partial charge in [0.1, 0.15) is 6.61 Å².